The van der Waals surface area contributed by atoms with Gasteiger partial charge in [-0.1, -0.05) is 6.07 Å². The second-order valence-electron chi connectivity index (χ2n) is 5.18. The fourth-order valence-corrected chi connectivity index (χ4v) is 2.55. The Kier molecular flexibility index (Phi) is 4.43. The lowest BCUT2D eigenvalue weighted by molar-refractivity contribution is -0.123. The molecule has 1 aliphatic heterocycles. The molecule has 0 atom stereocenters. The fraction of sp³-hybridized carbons (Fsp3) is 0.375. The van der Waals surface area contributed by atoms with Gasteiger partial charge in [-0.3, -0.25) is 9.78 Å². The molecule has 0 spiro atoms. The molecule has 2 heterocycles. The van der Waals surface area contributed by atoms with E-state index in [1.165, 1.54) is 0 Å². The van der Waals surface area contributed by atoms with Gasteiger partial charge in [-0.05, 0) is 50.2 Å². The molecule has 1 aliphatic rings. The zero-order valence-corrected chi connectivity index (χ0v) is 11.8. The number of nitrogens with one attached hydrogen (secondary N) is 2. The third-order valence-corrected chi connectivity index (χ3v) is 3.66. The Balaban J connectivity index is 1.61. The first-order valence-corrected chi connectivity index (χ1v) is 7.29. The predicted octanol–water partition coefficient (Wildman–Crippen LogP) is 1.94. The number of rotatable bonds is 4. The minimum atomic E-state index is -0.120. The number of hydrogen-bond donors (Lipinski definition) is 2. The topological polar surface area (TPSA) is 63.2 Å². The molecule has 0 bridgehead atoms. The summed E-state index contributed by atoms with van der Waals surface area (Å²) in [6.45, 7) is 2.02. The number of amides is 1. The minimum absolute atomic E-state index is 0.0985. The summed E-state index contributed by atoms with van der Waals surface area (Å²) in [5.74, 6) is -0.120. The van der Waals surface area contributed by atoms with Crippen LogP contribution in [-0.2, 0) is 9.53 Å². The number of fused-ring (bicyclic) bond motifs is 1. The number of ether oxygens (including phenoxy) is 1. The van der Waals surface area contributed by atoms with Crippen LogP contribution in [0.2, 0.25) is 0 Å². The lowest BCUT2D eigenvalue weighted by atomic mass is 10.1. The monoisotopic (exact) mass is 285 g/mol. The predicted molar refractivity (Wildman–Crippen MR) is 82.2 cm³/mol. The summed E-state index contributed by atoms with van der Waals surface area (Å²) in [7, 11) is 0. The van der Waals surface area contributed by atoms with Crippen molar-refractivity contribution < 1.29 is 9.53 Å². The van der Waals surface area contributed by atoms with Gasteiger partial charge in [0.15, 0.2) is 0 Å². The Morgan fingerprint density at radius 2 is 2.14 bits per heavy atom. The van der Waals surface area contributed by atoms with Crippen molar-refractivity contribution in [1.82, 2.24) is 10.3 Å². The Bertz CT molecular complexity index is 618. The van der Waals surface area contributed by atoms with Crippen LogP contribution in [0.5, 0.6) is 0 Å². The number of anilines is 1. The lowest BCUT2D eigenvalue weighted by Crippen LogP contribution is -2.34. The average Bonchev–Trinajstić information content (AvgIpc) is 2.54. The van der Waals surface area contributed by atoms with E-state index >= 15 is 0 Å². The number of hydrogen-bond acceptors (Lipinski definition) is 4. The van der Waals surface area contributed by atoms with E-state index in [1.54, 1.807) is 6.20 Å². The molecule has 1 amide bonds. The number of piperidine rings is 1. The van der Waals surface area contributed by atoms with Crippen molar-refractivity contribution in [1.29, 1.82) is 0 Å². The van der Waals surface area contributed by atoms with Gasteiger partial charge in [0.2, 0.25) is 5.91 Å². The Hall–Kier alpha value is -1.98. The van der Waals surface area contributed by atoms with Crippen LogP contribution in [0.15, 0.2) is 36.5 Å². The van der Waals surface area contributed by atoms with Crippen molar-refractivity contribution in [3.8, 4) is 0 Å². The zero-order chi connectivity index (χ0) is 14.5. The largest absolute Gasteiger partial charge is 0.368 e. The molecule has 2 aromatic rings. The molecule has 3 rings (SSSR count). The van der Waals surface area contributed by atoms with Gasteiger partial charge in [0.1, 0.15) is 6.61 Å². The zero-order valence-electron chi connectivity index (χ0n) is 11.8. The van der Waals surface area contributed by atoms with E-state index in [9.17, 15) is 4.79 Å². The molecular formula is C16H19N3O2. The molecule has 0 aliphatic carbocycles. The second-order valence-corrected chi connectivity index (χ2v) is 5.18. The standard InChI is InChI=1S/C16H19N3O2/c20-16(11-21-12-6-9-17-10-7-12)19-15-5-1-4-14-13(15)3-2-8-18-14/h1-5,8,12,17H,6-7,9-11H2,(H,19,20). The molecule has 0 unspecified atom stereocenters. The van der Waals surface area contributed by atoms with Crippen molar-refractivity contribution in [2.75, 3.05) is 25.0 Å². The maximum Gasteiger partial charge on any atom is 0.250 e. The van der Waals surface area contributed by atoms with Gasteiger partial charge in [0, 0.05) is 11.6 Å². The van der Waals surface area contributed by atoms with E-state index in [1.807, 2.05) is 30.3 Å². The maximum absolute atomic E-state index is 12.0. The molecular weight excluding hydrogens is 266 g/mol. The number of carbonyl (C=O) groups is 1. The van der Waals surface area contributed by atoms with Gasteiger partial charge in [-0.25, -0.2) is 0 Å². The first kappa shape index (κ1) is 14.0. The first-order valence-electron chi connectivity index (χ1n) is 7.29. The van der Waals surface area contributed by atoms with Crippen LogP contribution in [0.1, 0.15) is 12.8 Å². The summed E-state index contributed by atoms with van der Waals surface area (Å²) in [5, 5.41) is 7.12. The summed E-state index contributed by atoms with van der Waals surface area (Å²) >= 11 is 0. The molecule has 1 aromatic carbocycles. The van der Waals surface area contributed by atoms with Gasteiger partial charge >= 0.3 is 0 Å². The van der Waals surface area contributed by atoms with E-state index in [4.69, 9.17) is 4.74 Å². The van der Waals surface area contributed by atoms with Crippen molar-refractivity contribution >= 4 is 22.5 Å². The molecule has 2 N–H and O–H groups in total. The number of carbonyl (C=O) groups excluding carboxylic acids is 1. The van der Waals surface area contributed by atoms with E-state index in [2.05, 4.69) is 15.6 Å². The lowest BCUT2D eigenvalue weighted by Gasteiger charge is -2.22. The van der Waals surface area contributed by atoms with Crippen molar-refractivity contribution in [2.45, 2.75) is 18.9 Å². The second kappa shape index (κ2) is 6.65. The molecule has 5 heteroatoms. The van der Waals surface area contributed by atoms with Crippen molar-refractivity contribution in [2.24, 2.45) is 0 Å². The van der Waals surface area contributed by atoms with Crippen molar-refractivity contribution in [3.05, 3.63) is 36.5 Å². The summed E-state index contributed by atoms with van der Waals surface area (Å²) in [4.78, 5) is 16.3. The summed E-state index contributed by atoms with van der Waals surface area (Å²) in [6.07, 6.45) is 3.86. The van der Waals surface area contributed by atoms with E-state index in [0.29, 0.717) is 0 Å². The van der Waals surface area contributed by atoms with Gasteiger partial charge < -0.3 is 15.4 Å². The van der Waals surface area contributed by atoms with E-state index in [0.717, 1.165) is 42.5 Å². The van der Waals surface area contributed by atoms with Gasteiger partial charge in [-0.2, -0.15) is 0 Å². The number of aromatic nitrogens is 1. The normalized spacial score (nSPS) is 16.0. The number of benzene rings is 1. The smallest absolute Gasteiger partial charge is 0.250 e. The highest BCUT2D eigenvalue weighted by atomic mass is 16.5. The Labute approximate surface area is 123 Å². The molecule has 0 radical (unpaired) electrons. The van der Waals surface area contributed by atoms with Crippen molar-refractivity contribution in [3.63, 3.8) is 0 Å². The van der Waals surface area contributed by atoms with Crippen LogP contribution < -0.4 is 10.6 Å². The molecule has 1 saturated heterocycles. The quantitative estimate of drug-likeness (QED) is 0.901. The Morgan fingerprint density at radius 3 is 3.00 bits per heavy atom. The summed E-state index contributed by atoms with van der Waals surface area (Å²) in [5.41, 5.74) is 1.65. The molecule has 1 aromatic heterocycles. The van der Waals surface area contributed by atoms with Crippen LogP contribution in [0.25, 0.3) is 10.9 Å². The van der Waals surface area contributed by atoms with Crippen LogP contribution in [-0.4, -0.2) is 36.7 Å². The highest BCUT2D eigenvalue weighted by molar-refractivity contribution is 6.01. The molecule has 21 heavy (non-hydrogen) atoms. The van der Waals surface area contributed by atoms with Gasteiger partial charge in [-0.15, -0.1) is 0 Å². The Morgan fingerprint density at radius 1 is 1.29 bits per heavy atom. The third-order valence-electron chi connectivity index (χ3n) is 3.66. The average molecular weight is 285 g/mol. The fourth-order valence-electron chi connectivity index (χ4n) is 2.55. The highest BCUT2D eigenvalue weighted by Gasteiger charge is 2.15. The number of pyridine rings is 1. The summed E-state index contributed by atoms with van der Waals surface area (Å²) in [6, 6.07) is 9.51. The molecule has 110 valence electrons. The van der Waals surface area contributed by atoms with Crippen LogP contribution >= 0.6 is 0 Å². The third kappa shape index (κ3) is 3.56. The van der Waals surface area contributed by atoms with Crippen LogP contribution in [0.3, 0.4) is 0 Å². The first-order chi connectivity index (χ1) is 10.3. The summed E-state index contributed by atoms with van der Waals surface area (Å²) < 4.78 is 5.66. The SMILES string of the molecule is O=C(COC1CCNCC1)Nc1cccc2ncccc12. The highest BCUT2D eigenvalue weighted by Crippen LogP contribution is 2.21. The number of nitrogens with zero attached hydrogens (tertiary/aromatic N) is 1. The molecule has 0 saturated carbocycles. The van der Waals surface area contributed by atoms with Crippen LogP contribution in [0, 0.1) is 0 Å². The van der Waals surface area contributed by atoms with Gasteiger partial charge in [0.25, 0.3) is 0 Å². The molecule has 1 fully saturated rings. The van der Waals surface area contributed by atoms with Crippen LogP contribution in [0.4, 0.5) is 5.69 Å². The van der Waals surface area contributed by atoms with Gasteiger partial charge in [0.05, 0.1) is 17.3 Å². The molecule has 5 nitrogen and oxygen atoms in total. The maximum atomic E-state index is 12.0. The minimum Gasteiger partial charge on any atom is -0.368 e. The van der Waals surface area contributed by atoms with E-state index in [-0.39, 0.29) is 18.6 Å². The van der Waals surface area contributed by atoms with E-state index < -0.39 is 0 Å².